The highest BCUT2D eigenvalue weighted by Crippen LogP contribution is 2.39. The quantitative estimate of drug-likeness (QED) is 0.585. The lowest BCUT2D eigenvalue weighted by Crippen LogP contribution is -2.33. The average molecular weight is 419 g/mol. The number of benzene rings is 1. The van der Waals surface area contributed by atoms with Crippen molar-refractivity contribution in [2.24, 2.45) is 7.05 Å². The molecular formula is C23H25N5O3. The van der Waals surface area contributed by atoms with Gasteiger partial charge in [-0.3, -0.25) is 4.79 Å². The Kier molecular flexibility index (Phi) is 4.77. The van der Waals surface area contributed by atoms with Crippen molar-refractivity contribution in [3.05, 3.63) is 54.0 Å². The normalized spacial score (nSPS) is 16.0. The smallest absolute Gasteiger partial charge is 0.342 e. The zero-order valence-electron chi connectivity index (χ0n) is 17.3. The van der Waals surface area contributed by atoms with Crippen LogP contribution in [0, 0.1) is 0 Å². The molecule has 3 aromatic rings. The van der Waals surface area contributed by atoms with Gasteiger partial charge in [0.25, 0.3) is 5.91 Å². The molecule has 8 heteroatoms. The molecule has 2 aliphatic carbocycles. The maximum absolute atomic E-state index is 12.7. The number of phenolic OH excluding ortho intramolecular Hbond substituents is 1. The van der Waals surface area contributed by atoms with Crippen molar-refractivity contribution in [2.75, 3.05) is 5.32 Å². The van der Waals surface area contributed by atoms with Gasteiger partial charge in [0.05, 0.1) is 11.4 Å². The number of anilines is 1. The molecule has 0 saturated heterocycles. The second-order valence-electron chi connectivity index (χ2n) is 8.41. The largest absolute Gasteiger partial charge is 0.507 e. The SMILES string of the molecule is Cn1cccc1C(=O)Nc1ccc(-c2cc(C3CCC3)n(C(=O)NC3CC3)n2)c(O)c1. The summed E-state index contributed by atoms with van der Waals surface area (Å²) in [6, 6.07) is 10.4. The molecule has 1 aromatic carbocycles. The first-order valence-electron chi connectivity index (χ1n) is 10.7. The number of hydrogen-bond acceptors (Lipinski definition) is 4. The van der Waals surface area contributed by atoms with E-state index in [1.807, 2.05) is 6.07 Å². The van der Waals surface area contributed by atoms with Crippen molar-refractivity contribution < 1.29 is 14.7 Å². The maximum atomic E-state index is 12.7. The molecule has 0 unspecified atom stereocenters. The number of phenols is 1. The number of rotatable bonds is 5. The molecule has 5 rings (SSSR count). The van der Waals surface area contributed by atoms with Gasteiger partial charge >= 0.3 is 6.03 Å². The minimum Gasteiger partial charge on any atom is -0.507 e. The Morgan fingerprint density at radius 3 is 2.55 bits per heavy atom. The van der Waals surface area contributed by atoms with E-state index in [-0.39, 0.29) is 23.7 Å². The fraction of sp³-hybridized carbons (Fsp3) is 0.348. The number of aromatic hydroxyl groups is 1. The molecule has 0 radical (unpaired) electrons. The maximum Gasteiger partial charge on any atom is 0.342 e. The van der Waals surface area contributed by atoms with Crippen LogP contribution in [-0.4, -0.2) is 37.4 Å². The molecule has 160 valence electrons. The Morgan fingerprint density at radius 2 is 1.94 bits per heavy atom. The van der Waals surface area contributed by atoms with Gasteiger partial charge in [0.1, 0.15) is 11.4 Å². The topological polar surface area (TPSA) is 101 Å². The molecule has 2 fully saturated rings. The number of aryl methyl sites for hydroxylation is 1. The first kappa shape index (κ1) is 19.4. The third-order valence-corrected chi connectivity index (χ3v) is 6.07. The highest BCUT2D eigenvalue weighted by atomic mass is 16.3. The van der Waals surface area contributed by atoms with Crippen LogP contribution in [-0.2, 0) is 7.05 Å². The van der Waals surface area contributed by atoms with Gasteiger partial charge < -0.3 is 20.3 Å². The summed E-state index contributed by atoms with van der Waals surface area (Å²) in [5, 5.41) is 20.9. The molecule has 2 aliphatic rings. The van der Waals surface area contributed by atoms with E-state index in [9.17, 15) is 14.7 Å². The zero-order valence-corrected chi connectivity index (χ0v) is 17.3. The van der Waals surface area contributed by atoms with Crippen LogP contribution in [0.3, 0.4) is 0 Å². The fourth-order valence-corrected chi connectivity index (χ4v) is 3.87. The summed E-state index contributed by atoms with van der Waals surface area (Å²) in [7, 11) is 1.80. The van der Waals surface area contributed by atoms with Crippen molar-refractivity contribution in [3.63, 3.8) is 0 Å². The first-order valence-corrected chi connectivity index (χ1v) is 10.7. The number of aromatic nitrogens is 3. The lowest BCUT2D eigenvalue weighted by atomic mass is 9.82. The van der Waals surface area contributed by atoms with Gasteiger partial charge in [-0.25, -0.2) is 4.79 Å². The van der Waals surface area contributed by atoms with E-state index < -0.39 is 0 Å². The third-order valence-electron chi connectivity index (χ3n) is 6.07. The standard InChI is InChI=1S/C23H25N5O3/c1-27-11-3-6-19(27)22(30)24-16-9-10-17(21(29)12-16)18-13-20(14-4-2-5-14)28(26-18)23(31)25-15-7-8-15/h3,6,9-15,29H,2,4-5,7-8H2,1H3,(H,24,30)(H,25,31). The molecule has 0 aliphatic heterocycles. The molecule has 31 heavy (non-hydrogen) atoms. The minimum absolute atomic E-state index is 0.00269. The summed E-state index contributed by atoms with van der Waals surface area (Å²) in [4.78, 5) is 25.1. The van der Waals surface area contributed by atoms with Crippen LogP contribution < -0.4 is 10.6 Å². The summed E-state index contributed by atoms with van der Waals surface area (Å²) < 4.78 is 3.19. The molecule has 2 heterocycles. The Balaban J connectivity index is 1.40. The van der Waals surface area contributed by atoms with E-state index >= 15 is 0 Å². The lowest BCUT2D eigenvalue weighted by Gasteiger charge is -2.25. The van der Waals surface area contributed by atoms with Crippen LogP contribution in [0.25, 0.3) is 11.3 Å². The first-order chi connectivity index (χ1) is 15.0. The van der Waals surface area contributed by atoms with E-state index in [1.54, 1.807) is 42.1 Å². The number of carbonyl (C=O) groups is 2. The van der Waals surface area contributed by atoms with E-state index in [0.29, 0.717) is 28.6 Å². The van der Waals surface area contributed by atoms with E-state index in [2.05, 4.69) is 15.7 Å². The Bertz CT molecular complexity index is 1150. The van der Waals surface area contributed by atoms with Gasteiger partial charge in [-0.05, 0) is 56.0 Å². The number of hydrogen-bond donors (Lipinski definition) is 3. The summed E-state index contributed by atoms with van der Waals surface area (Å²) in [5.74, 6) is 0.0576. The minimum atomic E-state index is -0.257. The van der Waals surface area contributed by atoms with Gasteiger partial charge in [0.15, 0.2) is 0 Å². The predicted molar refractivity (Wildman–Crippen MR) is 116 cm³/mol. The molecule has 0 bridgehead atoms. The van der Waals surface area contributed by atoms with E-state index in [4.69, 9.17) is 0 Å². The Labute approximate surface area is 179 Å². The number of carbonyl (C=O) groups excluding carboxylic acids is 2. The molecule has 8 nitrogen and oxygen atoms in total. The molecule has 2 saturated carbocycles. The van der Waals surface area contributed by atoms with Crippen LogP contribution in [0.4, 0.5) is 10.5 Å². The van der Waals surface area contributed by atoms with Crippen LogP contribution in [0.5, 0.6) is 5.75 Å². The predicted octanol–water partition coefficient (Wildman–Crippen LogP) is 3.83. The van der Waals surface area contributed by atoms with Crippen molar-refractivity contribution in [1.82, 2.24) is 19.7 Å². The second kappa shape index (κ2) is 7.61. The molecule has 3 N–H and O–H groups in total. The Morgan fingerprint density at radius 1 is 1.13 bits per heavy atom. The molecule has 0 spiro atoms. The van der Waals surface area contributed by atoms with Gasteiger partial charge in [-0.1, -0.05) is 6.42 Å². The van der Waals surface area contributed by atoms with Crippen molar-refractivity contribution in [2.45, 2.75) is 44.1 Å². The highest BCUT2D eigenvalue weighted by Gasteiger charge is 2.30. The fourth-order valence-electron chi connectivity index (χ4n) is 3.87. The van der Waals surface area contributed by atoms with Gasteiger partial charge in [-0.15, -0.1) is 0 Å². The lowest BCUT2D eigenvalue weighted by molar-refractivity contribution is 0.101. The average Bonchev–Trinajstić information content (AvgIpc) is 3.22. The van der Waals surface area contributed by atoms with Gasteiger partial charge in [-0.2, -0.15) is 9.78 Å². The van der Waals surface area contributed by atoms with E-state index in [1.165, 1.54) is 10.7 Å². The molecule has 2 amide bonds. The molecular weight excluding hydrogens is 394 g/mol. The molecule has 0 atom stereocenters. The van der Waals surface area contributed by atoms with Gasteiger partial charge in [0, 0.05) is 42.5 Å². The van der Waals surface area contributed by atoms with Gasteiger partial charge in [0.2, 0.25) is 0 Å². The van der Waals surface area contributed by atoms with Crippen molar-refractivity contribution in [1.29, 1.82) is 0 Å². The zero-order chi connectivity index (χ0) is 21.5. The van der Waals surface area contributed by atoms with Crippen molar-refractivity contribution in [3.8, 4) is 17.0 Å². The third kappa shape index (κ3) is 3.81. The van der Waals surface area contributed by atoms with E-state index in [0.717, 1.165) is 37.8 Å². The number of nitrogens with one attached hydrogen (secondary N) is 2. The summed E-state index contributed by atoms with van der Waals surface area (Å²) >= 11 is 0. The highest BCUT2D eigenvalue weighted by molar-refractivity contribution is 6.03. The monoisotopic (exact) mass is 419 g/mol. The van der Waals surface area contributed by atoms with Crippen LogP contribution in [0.2, 0.25) is 0 Å². The molecule has 2 aromatic heterocycles. The van der Waals surface area contributed by atoms with Crippen LogP contribution in [0.15, 0.2) is 42.6 Å². The summed E-state index contributed by atoms with van der Waals surface area (Å²) in [6.07, 6.45) is 7.04. The van der Waals surface area contributed by atoms with Crippen LogP contribution in [0.1, 0.15) is 54.2 Å². The summed E-state index contributed by atoms with van der Waals surface area (Å²) in [5.41, 5.74) is 2.97. The Hall–Kier alpha value is -3.55. The summed E-state index contributed by atoms with van der Waals surface area (Å²) in [6.45, 7) is 0. The number of amides is 2. The van der Waals surface area contributed by atoms with Crippen LogP contribution >= 0.6 is 0 Å². The second-order valence-corrected chi connectivity index (χ2v) is 8.41. The number of nitrogens with zero attached hydrogens (tertiary/aromatic N) is 3. The van der Waals surface area contributed by atoms with Crippen molar-refractivity contribution >= 4 is 17.6 Å².